The molecule has 1 heterocycles. The molecule has 3 rings (SSSR count). The number of guanidine groups is 1. The van der Waals surface area contributed by atoms with E-state index in [0.29, 0.717) is 12.6 Å². The van der Waals surface area contributed by atoms with Gasteiger partial charge in [-0.1, -0.05) is 38.5 Å². The van der Waals surface area contributed by atoms with Gasteiger partial charge in [0.2, 0.25) is 0 Å². The predicted molar refractivity (Wildman–Crippen MR) is 112 cm³/mol. The lowest BCUT2D eigenvalue weighted by atomic mass is 9.72. The van der Waals surface area contributed by atoms with Crippen molar-refractivity contribution in [2.24, 2.45) is 17.5 Å². The molecule has 2 aliphatic rings. The van der Waals surface area contributed by atoms with E-state index in [2.05, 4.69) is 20.8 Å². The number of aliphatic hydroxyl groups is 1. The summed E-state index contributed by atoms with van der Waals surface area (Å²) in [4.78, 5) is 4.85. The first-order chi connectivity index (χ1) is 13.6. The molecule has 0 atom stereocenters. The van der Waals surface area contributed by atoms with Gasteiger partial charge in [-0.15, -0.1) is 10.2 Å². The summed E-state index contributed by atoms with van der Waals surface area (Å²) in [7, 11) is 1.99. The van der Waals surface area contributed by atoms with E-state index < -0.39 is 0 Å². The van der Waals surface area contributed by atoms with Crippen LogP contribution in [0.2, 0.25) is 0 Å². The van der Waals surface area contributed by atoms with Crippen molar-refractivity contribution in [1.29, 1.82) is 0 Å². The van der Waals surface area contributed by atoms with Gasteiger partial charge in [-0.05, 0) is 44.4 Å². The quantitative estimate of drug-likeness (QED) is 0.492. The van der Waals surface area contributed by atoms with Crippen molar-refractivity contribution in [3.63, 3.8) is 0 Å². The molecule has 0 bridgehead atoms. The highest BCUT2D eigenvalue weighted by molar-refractivity contribution is 5.80. The number of hydrogen-bond donors (Lipinski definition) is 3. The Morgan fingerprint density at radius 2 is 1.86 bits per heavy atom. The molecule has 1 aromatic heterocycles. The Morgan fingerprint density at radius 3 is 2.50 bits per heavy atom. The normalized spacial score (nSPS) is 20.9. The molecule has 0 amide bonds. The van der Waals surface area contributed by atoms with Crippen LogP contribution in [-0.2, 0) is 13.6 Å². The summed E-state index contributed by atoms with van der Waals surface area (Å²) in [6, 6.07) is 0.501. The van der Waals surface area contributed by atoms with E-state index >= 15 is 0 Å². The maximum Gasteiger partial charge on any atom is 0.191 e. The lowest BCUT2D eigenvalue weighted by Gasteiger charge is -2.38. The van der Waals surface area contributed by atoms with Gasteiger partial charge in [0.15, 0.2) is 11.8 Å². The molecule has 2 fully saturated rings. The molecule has 0 radical (unpaired) electrons. The van der Waals surface area contributed by atoms with Crippen LogP contribution in [-0.4, -0.2) is 45.0 Å². The van der Waals surface area contributed by atoms with Crippen LogP contribution in [0.25, 0.3) is 0 Å². The number of aryl methyl sites for hydroxylation is 1. The Kier molecular flexibility index (Phi) is 7.71. The number of hydrogen-bond acceptors (Lipinski definition) is 4. The van der Waals surface area contributed by atoms with Gasteiger partial charge in [0.25, 0.3) is 0 Å². The average molecular weight is 391 g/mol. The second-order valence-electron chi connectivity index (χ2n) is 8.75. The molecule has 2 saturated carbocycles. The van der Waals surface area contributed by atoms with Crippen LogP contribution in [0.4, 0.5) is 0 Å². The summed E-state index contributed by atoms with van der Waals surface area (Å²) >= 11 is 0. The summed E-state index contributed by atoms with van der Waals surface area (Å²) in [6.07, 6.45) is 13.5. The Bertz CT molecular complexity index is 623. The molecule has 28 heavy (non-hydrogen) atoms. The van der Waals surface area contributed by atoms with E-state index in [0.717, 1.165) is 30.6 Å². The number of nitrogens with zero attached hydrogens (tertiary/aromatic N) is 4. The number of nitrogens with one attached hydrogen (secondary N) is 2. The van der Waals surface area contributed by atoms with Gasteiger partial charge < -0.3 is 20.3 Å². The highest BCUT2D eigenvalue weighted by Crippen LogP contribution is 2.38. The largest absolute Gasteiger partial charge is 0.396 e. The highest BCUT2D eigenvalue weighted by atomic mass is 16.3. The molecular formula is C21H38N6O. The SMILES string of the molecule is Cc1nnc(CN=C(NCC2(CCO)CCCCC2)NC2CCCCC2)n1C. The second-order valence-corrected chi connectivity index (χ2v) is 8.75. The lowest BCUT2D eigenvalue weighted by Crippen LogP contribution is -2.48. The molecule has 7 heteroatoms. The van der Waals surface area contributed by atoms with E-state index in [1.807, 2.05) is 18.5 Å². The molecule has 2 aliphatic carbocycles. The smallest absolute Gasteiger partial charge is 0.191 e. The number of aliphatic hydroxyl groups excluding tert-OH is 1. The monoisotopic (exact) mass is 390 g/mol. The number of aliphatic imine (C=N–C) groups is 1. The molecule has 3 N–H and O–H groups in total. The third kappa shape index (κ3) is 5.69. The fourth-order valence-electron chi connectivity index (χ4n) is 4.66. The van der Waals surface area contributed by atoms with E-state index in [-0.39, 0.29) is 12.0 Å². The zero-order valence-corrected chi connectivity index (χ0v) is 17.7. The summed E-state index contributed by atoms with van der Waals surface area (Å²) < 4.78 is 2.00. The van der Waals surface area contributed by atoms with Crippen LogP contribution in [0.15, 0.2) is 4.99 Å². The Balaban J connectivity index is 1.67. The summed E-state index contributed by atoms with van der Waals surface area (Å²) in [5, 5.41) is 25.3. The topological polar surface area (TPSA) is 87.4 Å². The van der Waals surface area contributed by atoms with Crippen molar-refractivity contribution < 1.29 is 5.11 Å². The van der Waals surface area contributed by atoms with Crippen LogP contribution in [0.1, 0.15) is 82.3 Å². The fourth-order valence-corrected chi connectivity index (χ4v) is 4.66. The number of aromatic nitrogens is 3. The van der Waals surface area contributed by atoms with Crippen molar-refractivity contribution in [1.82, 2.24) is 25.4 Å². The molecule has 1 aromatic rings. The first-order valence-electron chi connectivity index (χ1n) is 11.1. The fraction of sp³-hybridized carbons (Fsp3) is 0.857. The molecule has 0 unspecified atom stereocenters. The third-order valence-corrected chi connectivity index (χ3v) is 6.69. The summed E-state index contributed by atoms with van der Waals surface area (Å²) in [5.74, 6) is 2.67. The Labute approximate surface area is 169 Å². The van der Waals surface area contributed by atoms with Crippen molar-refractivity contribution in [2.45, 2.75) is 90.1 Å². The second kappa shape index (κ2) is 10.2. The number of rotatable bonds is 7. The molecule has 7 nitrogen and oxygen atoms in total. The minimum atomic E-state index is 0.198. The minimum Gasteiger partial charge on any atom is -0.396 e. The maximum atomic E-state index is 9.60. The summed E-state index contributed by atoms with van der Waals surface area (Å²) in [5.41, 5.74) is 0.198. The molecule has 0 aliphatic heterocycles. The van der Waals surface area contributed by atoms with Gasteiger partial charge >= 0.3 is 0 Å². The third-order valence-electron chi connectivity index (χ3n) is 6.69. The van der Waals surface area contributed by atoms with Gasteiger partial charge in [-0.3, -0.25) is 0 Å². The lowest BCUT2D eigenvalue weighted by molar-refractivity contribution is 0.131. The molecule has 0 aromatic carbocycles. The minimum absolute atomic E-state index is 0.198. The van der Waals surface area contributed by atoms with Gasteiger partial charge in [0, 0.05) is 26.2 Å². The highest BCUT2D eigenvalue weighted by Gasteiger charge is 2.31. The van der Waals surface area contributed by atoms with Crippen LogP contribution in [0.5, 0.6) is 0 Å². The van der Waals surface area contributed by atoms with Gasteiger partial charge in [0.1, 0.15) is 12.4 Å². The molecular weight excluding hydrogens is 352 g/mol. The van der Waals surface area contributed by atoms with E-state index in [1.54, 1.807) is 0 Å². The molecule has 0 spiro atoms. The standard InChI is InChI=1S/C21H38N6O/c1-17-25-26-19(27(17)2)15-22-20(24-18-9-5-3-6-10-18)23-16-21(13-14-28)11-7-4-8-12-21/h18,28H,3-16H2,1-2H3,(H2,22,23,24). The van der Waals surface area contributed by atoms with Crippen LogP contribution < -0.4 is 10.6 Å². The molecule has 0 saturated heterocycles. The van der Waals surface area contributed by atoms with Crippen LogP contribution in [0.3, 0.4) is 0 Å². The van der Waals surface area contributed by atoms with Crippen LogP contribution in [0, 0.1) is 12.3 Å². The van der Waals surface area contributed by atoms with E-state index in [9.17, 15) is 5.11 Å². The van der Waals surface area contributed by atoms with Crippen LogP contribution >= 0.6 is 0 Å². The zero-order valence-electron chi connectivity index (χ0n) is 17.7. The average Bonchev–Trinajstić information content (AvgIpc) is 3.04. The van der Waals surface area contributed by atoms with E-state index in [1.165, 1.54) is 64.2 Å². The molecule has 158 valence electrons. The van der Waals surface area contributed by atoms with Crippen molar-refractivity contribution in [3.05, 3.63) is 11.6 Å². The van der Waals surface area contributed by atoms with Crippen molar-refractivity contribution in [2.75, 3.05) is 13.2 Å². The maximum absolute atomic E-state index is 9.60. The Hall–Kier alpha value is -1.63. The van der Waals surface area contributed by atoms with Gasteiger partial charge in [0.05, 0.1) is 0 Å². The first kappa shape index (κ1) is 21.1. The van der Waals surface area contributed by atoms with Crippen molar-refractivity contribution in [3.8, 4) is 0 Å². The zero-order chi connectivity index (χ0) is 19.8. The Morgan fingerprint density at radius 1 is 1.14 bits per heavy atom. The predicted octanol–water partition coefficient (Wildman–Crippen LogP) is 2.82. The van der Waals surface area contributed by atoms with Crippen molar-refractivity contribution >= 4 is 5.96 Å². The van der Waals surface area contributed by atoms with Gasteiger partial charge in [-0.2, -0.15) is 0 Å². The van der Waals surface area contributed by atoms with Gasteiger partial charge in [-0.25, -0.2) is 4.99 Å². The van der Waals surface area contributed by atoms with E-state index in [4.69, 9.17) is 4.99 Å². The summed E-state index contributed by atoms with van der Waals surface area (Å²) in [6.45, 7) is 3.63. The first-order valence-corrected chi connectivity index (χ1v) is 11.1.